The van der Waals surface area contributed by atoms with E-state index in [1.54, 1.807) is 0 Å². The van der Waals surface area contributed by atoms with Gasteiger partial charge in [-0.25, -0.2) is 4.68 Å². The molecule has 0 saturated carbocycles. The maximum absolute atomic E-state index is 12.2. The summed E-state index contributed by atoms with van der Waals surface area (Å²) in [4.78, 5) is 14.3. The maximum atomic E-state index is 12.2. The van der Waals surface area contributed by atoms with Crippen molar-refractivity contribution in [2.24, 2.45) is 0 Å². The molecule has 1 amide bonds. The number of likely N-dealkylation sites (tertiary alicyclic amines) is 1. The zero-order chi connectivity index (χ0) is 17.8. The Morgan fingerprint density at radius 1 is 1.24 bits per heavy atom. The van der Waals surface area contributed by atoms with Crippen molar-refractivity contribution >= 4 is 5.91 Å². The zero-order valence-electron chi connectivity index (χ0n) is 14.9. The number of hydrogen-bond donors (Lipinski definition) is 2. The number of benzene rings is 1. The number of amides is 1. The monoisotopic (exact) mass is 342 g/mol. The summed E-state index contributed by atoms with van der Waals surface area (Å²) in [6.07, 6.45) is 1.28. The fourth-order valence-electron chi connectivity index (χ4n) is 3.27. The fraction of sp³-hybridized carbons (Fsp3) is 0.474. The van der Waals surface area contributed by atoms with E-state index >= 15 is 0 Å². The van der Waals surface area contributed by atoms with E-state index in [1.165, 1.54) is 0 Å². The quantitative estimate of drug-likeness (QED) is 0.865. The molecule has 2 heterocycles. The number of piperidine rings is 1. The molecule has 2 N–H and O–H groups in total. The predicted molar refractivity (Wildman–Crippen MR) is 96.6 cm³/mol. The number of para-hydroxylation sites is 1. The Balaban J connectivity index is 1.60. The van der Waals surface area contributed by atoms with Crippen LogP contribution < -0.4 is 5.32 Å². The molecule has 0 spiro atoms. The molecule has 1 aliphatic rings. The van der Waals surface area contributed by atoms with Crippen LogP contribution in [0.2, 0.25) is 0 Å². The lowest BCUT2D eigenvalue weighted by atomic mass is 10.1. The van der Waals surface area contributed by atoms with Gasteiger partial charge in [0.15, 0.2) is 0 Å². The number of rotatable bonds is 5. The van der Waals surface area contributed by atoms with Crippen LogP contribution in [-0.2, 0) is 11.3 Å². The van der Waals surface area contributed by atoms with Crippen LogP contribution in [0.4, 0.5) is 0 Å². The Morgan fingerprint density at radius 3 is 2.60 bits per heavy atom. The van der Waals surface area contributed by atoms with E-state index in [2.05, 4.69) is 15.3 Å². The van der Waals surface area contributed by atoms with Gasteiger partial charge in [0.1, 0.15) is 0 Å². The highest BCUT2D eigenvalue weighted by atomic mass is 16.3. The smallest absolute Gasteiger partial charge is 0.234 e. The average Bonchev–Trinajstić information content (AvgIpc) is 2.90. The Kier molecular flexibility index (Phi) is 5.50. The molecule has 0 atom stereocenters. The number of nitrogens with zero attached hydrogens (tertiary/aromatic N) is 3. The number of nitrogens with one attached hydrogen (secondary N) is 1. The number of aliphatic hydroxyl groups excluding tert-OH is 1. The van der Waals surface area contributed by atoms with Crippen LogP contribution in [-0.4, -0.2) is 51.4 Å². The molecule has 0 radical (unpaired) electrons. The summed E-state index contributed by atoms with van der Waals surface area (Å²) in [6.45, 7) is 6.43. The van der Waals surface area contributed by atoms with Crippen LogP contribution in [0.15, 0.2) is 30.3 Å². The lowest BCUT2D eigenvalue weighted by Crippen LogP contribution is -2.42. The van der Waals surface area contributed by atoms with Gasteiger partial charge in [-0.05, 0) is 38.8 Å². The van der Waals surface area contributed by atoms with Gasteiger partial charge in [-0.3, -0.25) is 9.69 Å². The molecule has 1 fully saturated rings. The SMILES string of the molecule is Cc1nn(-c2ccccc2)c(C)c1CNC(=O)CN1CCC(O)CC1. The lowest BCUT2D eigenvalue weighted by Gasteiger charge is -2.28. The summed E-state index contributed by atoms with van der Waals surface area (Å²) in [5.41, 5.74) is 4.06. The number of carbonyl (C=O) groups is 1. The number of aromatic nitrogens is 2. The number of aryl methyl sites for hydroxylation is 1. The molecule has 2 aromatic rings. The topological polar surface area (TPSA) is 70.4 Å². The minimum absolute atomic E-state index is 0.0163. The van der Waals surface area contributed by atoms with E-state index in [1.807, 2.05) is 48.9 Å². The standard InChI is InChI=1S/C19H26N4O2/c1-14-18(15(2)23(21-14)16-6-4-3-5-7-16)12-20-19(25)13-22-10-8-17(24)9-11-22/h3-7,17,24H,8-13H2,1-2H3,(H,20,25). The van der Waals surface area contributed by atoms with Crippen LogP contribution >= 0.6 is 0 Å². The van der Waals surface area contributed by atoms with Crippen LogP contribution in [0.25, 0.3) is 5.69 Å². The van der Waals surface area contributed by atoms with Crippen molar-refractivity contribution in [3.05, 3.63) is 47.3 Å². The molecule has 25 heavy (non-hydrogen) atoms. The van der Waals surface area contributed by atoms with Crippen LogP contribution in [0.1, 0.15) is 29.8 Å². The first kappa shape index (κ1) is 17.6. The normalized spacial score (nSPS) is 16.1. The molecule has 1 aliphatic heterocycles. The summed E-state index contributed by atoms with van der Waals surface area (Å²) in [5.74, 6) is 0.0163. The van der Waals surface area contributed by atoms with E-state index in [0.29, 0.717) is 13.1 Å². The third-order valence-corrected chi connectivity index (χ3v) is 4.83. The van der Waals surface area contributed by atoms with Gasteiger partial charge < -0.3 is 10.4 Å². The first-order valence-electron chi connectivity index (χ1n) is 8.82. The van der Waals surface area contributed by atoms with Gasteiger partial charge in [0.05, 0.1) is 24.0 Å². The molecule has 1 saturated heterocycles. The van der Waals surface area contributed by atoms with Gasteiger partial charge in [0, 0.05) is 30.9 Å². The van der Waals surface area contributed by atoms with Crippen LogP contribution in [0, 0.1) is 13.8 Å². The molecule has 1 aromatic carbocycles. The third-order valence-electron chi connectivity index (χ3n) is 4.83. The summed E-state index contributed by atoms with van der Waals surface area (Å²) in [7, 11) is 0. The first-order valence-corrected chi connectivity index (χ1v) is 8.82. The van der Waals surface area contributed by atoms with Gasteiger partial charge in [0.2, 0.25) is 5.91 Å². The van der Waals surface area contributed by atoms with Crippen molar-refractivity contribution in [2.45, 2.75) is 39.3 Å². The van der Waals surface area contributed by atoms with E-state index in [4.69, 9.17) is 0 Å². The molecule has 134 valence electrons. The summed E-state index contributed by atoms with van der Waals surface area (Å²) >= 11 is 0. The molecule has 6 heteroatoms. The van der Waals surface area contributed by atoms with Gasteiger partial charge in [0.25, 0.3) is 0 Å². The fourth-order valence-corrected chi connectivity index (χ4v) is 3.27. The van der Waals surface area contributed by atoms with Crippen molar-refractivity contribution in [1.29, 1.82) is 0 Å². The third kappa shape index (κ3) is 4.27. The van der Waals surface area contributed by atoms with Gasteiger partial charge >= 0.3 is 0 Å². The van der Waals surface area contributed by atoms with E-state index < -0.39 is 0 Å². The second-order valence-corrected chi connectivity index (χ2v) is 6.68. The zero-order valence-corrected chi connectivity index (χ0v) is 14.9. The second kappa shape index (κ2) is 7.80. The van der Waals surface area contributed by atoms with E-state index in [9.17, 15) is 9.90 Å². The summed E-state index contributed by atoms with van der Waals surface area (Å²) in [5, 5.41) is 17.2. The lowest BCUT2D eigenvalue weighted by molar-refractivity contribution is -0.122. The Labute approximate surface area is 148 Å². The predicted octanol–water partition coefficient (Wildman–Crippen LogP) is 1.56. The van der Waals surface area contributed by atoms with E-state index in [0.717, 1.165) is 48.6 Å². The van der Waals surface area contributed by atoms with Crippen LogP contribution in [0.3, 0.4) is 0 Å². The minimum atomic E-state index is -0.214. The number of aliphatic hydroxyl groups is 1. The summed E-state index contributed by atoms with van der Waals surface area (Å²) < 4.78 is 1.92. The second-order valence-electron chi connectivity index (χ2n) is 6.68. The molecule has 0 aliphatic carbocycles. The Hall–Kier alpha value is -2.18. The molecule has 6 nitrogen and oxygen atoms in total. The highest BCUT2D eigenvalue weighted by Crippen LogP contribution is 2.17. The number of carbonyl (C=O) groups excluding carboxylic acids is 1. The van der Waals surface area contributed by atoms with Crippen molar-refractivity contribution < 1.29 is 9.90 Å². The van der Waals surface area contributed by atoms with Crippen LogP contribution in [0.5, 0.6) is 0 Å². The van der Waals surface area contributed by atoms with Crippen molar-refractivity contribution in [3.63, 3.8) is 0 Å². The molecule has 3 rings (SSSR count). The van der Waals surface area contributed by atoms with Gasteiger partial charge in [-0.2, -0.15) is 5.10 Å². The molecule has 0 unspecified atom stereocenters. The Morgan fingerprint density at radius 2 is 1.92 bits per heavy atom. The first-order chi connectivity index (χ1) is 12.0. The highest BCUT2D eigenvalue weighted by Gasteiger charge is 2.19. The Bertz CT molecular complexity index is 719. The summed E-state index contributed by atoms with van der Waals surface area (Å²) in [6, 6.07) is 10.0. The molecule has 1 aromatic heterocycles. The maximum Gasteiger partial charge on any atom is 0.234 e. The minimum Gasteiger partial charge on any atom is -0.393 e. The van der Waals surface area contributed by atoms with Crippen molar-refractivity contribution in [1.82, 2.24) is 20.0 Å². The van der Waals surface area contributed by atoms with Gasteiger partial charge in [-0.1, -0.05) is 18.2 Å². The largest absolute Gasteiger partial charge is 0.393 e. The highest BCUT2D eigenvalue weighted by molar-refractivity contribution is 5.78. The van der Waals surface area contributed by atoms with E-state index in [-0.39, 0.29) is 12.0 Å². The molecule has 0 bridgehead atoms. The molecular weight excluding hydrogens is 316 g/mol. The van der Waals surface area contributed by atoms with Gasteiger partial charge in [-0.15, -0.1) is 0 Å². The average molecular weight is 342 g/mol. The molecular formula is C19H26N4O2. The van der Waals surface area contributed by atoms with Crippen molar-refractivity contribution in [2.75, 3.05) is 19.6 Å². The number of hydrogen-bond acceptors (Lipinski definition) is 4. The van der Waals surface area contributed by atoms with Crippen molar-refractivity contribution in [3.8, 4) is 5.69 Å².